The van der Waals surface area contributed by atoms with Gasteiger partial charge in [-0.25, -0.2) is 19.6 Å². The van der Waals surface area contributed by atoms with Crippen LogP contribution in [0.2, 0.25) is 0 Å². The smallest absolute Gasteiger partial charge is 0.407 e. The highest BCUT2D eigenvalue weighted by molar-refractivity contribution is 5.89. The minimum atomic E-state index is -0.885. The topological polar surface area (TPSA) is 175 Å². The number of hydrogen-bond donors (Lipinski definition) is 4. The van der Waals surface area contributed by atoms with E-state index >= 15 is 0 Å². The lowest BCUT2D eigenvalue weighted by Gasteiger charge is -2.28. The van der Waals surface area contributed by atoms with E-state index in [-0.39, 0.29) is 29.3 Å². The number of nitrogens with one attached hydrogen (secondary N) is 4. The Morgan fingerprint density at radius 1 is 0.634 bits per heavy atom. The monoisotopic (exact) mass is 950 g/mol. The van der Waals surface area contributed by atoms with E-state index in [4.69, 9.17) is 19.4 Å². The zero-order valence-corrected chi connectivity index (χ0v) is 40.1. The van der Waals surface area contributed by atoms with Crippen molar-refractivity contribution in [1.82, 2.24) is 40.4 Å². The number of aromatic amines is 2. The summed E-state index contributed by atoms with van der Waals surface area (Å²) in [5, 5.41) is 5.51. The van der Waals surface area contributed by atoms with Gasteiger partial charge in [-0.05, 0) is 119 Å². The fraction of sp³-hybridized carbons (Fsp3) is 0.333. The van der Waals surface area contributed by atoms with Crippen LogP contribution in [0, 0.1) is 0 Å². The molecule has 5 aromatic carbocycles. The minimum Gasteiger partial charge on any atom is -0.453 e. The molecule has 362 valence electrons. The van der Waals surface area contributed by atoms with E-state index in [0.717, 1.165) is 78.0 Å². The zero-order valence-electron chi connectivity index (χ0n) is 40.1. The van der Waals surface area contributed by atoms with E-state index in [9.17, 15) is 19.2 Å². The van der Waals surface area contributed by atoms with Crippen molar-refractivity contribution >= 4 is 35.0 Å². The second-order valence-electron chi connectivity index (χ2n) is 19.5. The largest absolute Gasteiger partial charge is 0.453 e. The Balaban J connectivity index is 0.850. The molecular formula is C57H58N8O6. The molecule has 4 atom stereocenters. The Hall–Kier alpha value is -7.74. The van der Waals surface area contributed by atoms with Crippen LogP contribution >= 0.6 is 0 Å². The van der Waals surface area contributed by atoms with Crippen LogP contribution in [0.5, 0.6) is 0 Å². The maximum Gasteiger partial charge on any atom is 0.407 e. The molecule has 2 aromatic heterocycles. The quantitative estimate of drug-likeness (QED) is 0.0991. The molecule has 4 heterocycles. The number of hydrogen-bond acceptors (Lipinski definition) is 8. The molecule has 2 saturated heterocycles. The molecule has 1 spiro atoms. The van der Waals surface area contributed by atoms with Crippen molar-refractivity contribution in [2.24, 2.45) is 0 Å². The van der Waals surface area contributed by atoms with Gasteiger partial charge in [-0.3, -0.25) is 9.59 Å². The van der Waals surface area contributed by atoms with E-state index in [1.54, 1.807) is 0 Å². The molecule has 14 nitrogen and oxygen atoms in total. The molecule has 0 bridgehead atoms. The SMILES string of the molecule is COC(=O)NC(C(=O)N1CCC[C@H]1c1nc2ccc(-c3ccc(-c4ccc(-c5cnc([C@@H]6CCCN6C(=O)[C@@H](NC(=O)OC)c6ccccc6)[nH]5)cc4)c4c3CCC43CCCC3)cc2[nH]1)c1ccccc1. The third-order valence-corrected chi connectivity index (χ3v) is 15.5. The molecular weight excluding hydrogens is 893 g/mol. The summed E-state index contributed by atoms with van der Waals surface area (Å²) >= 11 is 0. The lowest BCUT2D eigenvalue weighted by Crippen LogP contribution is -2.42. The number of H-pyrrole nitrogens is 2. The van der Waals surface area contributed by atoms with Gasteiger partial charge in [0.2, 0.25) is 0 Å². The van der Waals surface area contributed by atoms with Crippen molar-refractivity contribution < 1.29 is 28.7 Å². The Labute approximate surface area is 412 Å². The molecule has 4 aliphatic rings. The number of carbonyl (C=O) groups excluding carboxylic acids is 4. The number of imidazole rings is 2. The van der Waals surface area contributed by atoms with Crippen molar-refractivity contribution in [3.05, 3.63) is 155 Å². The van der Waals surface area contributed by atoms with Gasteiger partial charge < -0.3 is 39.9 Å². The molecule has 1 saturated carbocycles. The molecule has 7 aromatic rings. The van der Waals surface area contributed by atoms with Gasteiger partial charge in [0.15, 0.2) is 0 Å². The van der Waals surface area contributed by atoms with Gasteiger partial charge in [-0.2, -0.15) is 0 Å². The van der Waals surface area contributed by atoms with Crippen molar-refractivity contribution in [2.75, 3.05) is 27.3 Å². The van der Waals surface area contributed by atoms with Gasteiger partial charge in [0.1, 0.15) is 23.7 Å². The Morgan fingerprint density at radius 3 is 1.80 bits per heavy atom. The lowest BCUT2D eigenvalue weighted by molar-refractivity contribution is -0.135. The molecule has 2 aliphatic carbocycles. The maximum atomic E-state index is 14.2. The van der Waals surface area contributed by atoms with Gasteiger partial charge in [-0.1, -0.05) is 116 Å². The number of carbonyl (C=O) groups is 4. The van der Waals surface area contributed by atoms with Crippen LogP contribution in [0.25, 0.3) is 44.5 Å². The van der Waals surface area contributed by atoms with Crippen LogP contribution in [0.4, 0.5) is 9.59 Å². The first-order valence-corrected chi connectivity index (χ1v) is 24.9. The molecule has 2 aliphatic heterocycles. The number of nitrogens with zero attached hydrogens (tertiary/aromatic N) is 4. The summed E-state index contributed by atoms with van der Waals surface area (Å²) in [7, 11) is 2.59. The van der Waals surface area contributed by atoms with Crippen molar-refractivity contribution in [3.8, 4) is 33.5 Å². The van der Waals surface area contributed by atoms with Crippen LogP contribution in [0.3, 0.4) is 0 Å². The molecule has 4 N–H and O–H groups in total. The van der Waals surface area contributed by atoms with Crippen molar-refractivity contribution in [2.45, 2.75) is 93.8 Å². The standard InChI is InChI=1S/C57H58N8O6/c1-70-55(68)62-49(37-13-5-3-6-14-37)53(66)64-31-11-17-46(64)51-58-34-45(61-51)36-21-19-35(20-22-36)41-25-24-40(42-27-30-57(48(41)42)28-9-10-29-57)39-23-26-43-44(33-39)60-52(59-43)47-18-12-32-65(47)54(67)50(63-56(69)71-2)38-15-7-4-8-16-38/h3-8,13-16,19-26,33-34,46-47,49-50H,9-12,17-18,27-32H2,1-2H3,(H,58,61)(H,59,60)(H,62,68)(H,63,69)/t46-,47-,49-,50?/m0/s1. The number of methoxy groups -OCH3 is 2. The molecule has 14 heteroatoms. The summed E-state index contributed by atoms with van der Waals surface area (Å²) in [6.07, 6.45) is 10.7. The van der Waals surface area contributed by atoms with Crippen LogP contribution in [0.15, 0.2) is 121 Å². The lowest BCUT2D eigenvalue weighted by atomic mass is 9.76. The fourth-order valence-electron chi connectivity index (χ4n) is 12.1. The third-order valence-electron chi connectivity index (χ3n) is 15.5. The Bertz CT molecular complexity index is 3110. The van der Waals surface area contributed by atoms with Gasteiger partial charge in [0.25, 0.3) is 11.8 Å². The van der Waals surface area contributed by atoms with E-state index in [1.165, 1.54) is 67.7 Å². The predicted molar refractivity (Wildman–Crippen MR) is 270 cm³/mol. The van der Waals surface area contributed by atoms with Crippen LogP contribution in [-0.4, -0.2) is 81.0 Å². The van der Waals surface area contributed by atoms with Gasteiger partial charge in [0, 0.05) is 13.1 Å². The van der Waals surface area contributed by atoms with Crippen molar-refractivity contribution in [1.29, 1.82) is 0 Å². The summed E-state index contributed by atoms with van der Waals surface area (Å²) in [6, 6.07) is 36.1. The van der Waals surface area contributed by atoms with E-state index in [0.29, 0.717) is 24.2 Å². The predicted octanol–water partition coefficient (Wildman–Crippen LogP) is 10.6. The number of amides is 4. The number of ether oxygens (including phenoxy) is 2. The average Bonchev–Trinajstić information content (AvgIpc) is 4.29. The summed E-state index contributed by atoms with van der Waals surface area (Å²) in [5.41, 5.74) is 13.0. The summed E-state index contributed by atoms with van der Waals surface area (Å²) in [5.74, 6) is 1.07. The molecule has 3 fully saturated rings. The summed E-state index contributed by atoms with van der Waals surface area (Å²) in [6.45, 7) is 1.12. The number of rotatable bonds is 11. The molecule has 4 amide bonds. The summed E-state index contributed by atoms with van der Waals surface area (Å²) < 4.78 is 9.78. The van der Waals surface area contributed by atoms with Gasteiger partial charge in [-0.15, -0.1) is 0 Å². The van der Waals surface area contributed by atoms with E-state index < -0.39 is 24.3 Å². The normalized spacial score (nSPS) is 18.9. The van der Waals surface area contributed by atoms with Crippen LogP contribution < -0.4 is 10.6 Å². The Morgan fingerprint density at radius 2 is 1.20 bits per heavy atom. The molecule has 0 radical (unpaired) electrons. The number of likely N-dealkylation sites (tertiary alicyclic amines) is 2. The average molecular weight is 951 g/mol. The first-order chi connectivity index (χ1) is 34.7. The van der Waals surface area contributed by atoms with Crippen LogP contribution in [0.1, 0.15) is 116 Å². The van der Waals surface area contributed by atoms with Gasteiger partial charge in [0.05, 0.1) is 49.2 Å². The molecule has 1 unspecified atom stereocenters. The highest BCUT2D eigenvalue weighted by atomic mass is 16.5. The molecule has 71 heavy (non-hydrogen) atoms. The first kappa shape index (κ1) is 45.7. The first-order valence-electron chi connectivity index (χ1n) is 24.9. The third kappa shape index (κ3) is 8.59. The second kappa shape index (κ2) is 19.2. The van der Waals surface area contributed by atoms with E-state index in [2.05, 4.69) is 75.2 Å². The van der Waals surface area contributed by atoms with Gasteiger partial charge >= 0.3 is 12.2 Å². The number of aromatic nitrogens is 4. The zero-order chi connectivity index (χ0) is 48.6. The number of alkyl carbamates (subject to hydrolysis) is 2. The van der Waals surface area contributed by atoms with E-state index in [1.807, 2.05) is 76.7 Å². The number of benzene rings is 5. The minimum absolute atomic E-state index is 0.151. The highest BCUT2D eigenvalue weighted by Gasteiger charge is 2.44. The fourth-order valence-corrected chi connectivity index (χ4v) is 12.1. The van der Waals surface area contributed by atoms with Crippen molar-refractivity contribution in [3.63, 3.8) is 0 Å². The highest BCUT2D eigenvalue weighted by Crippen LogP contribution is 2.55. The van der Waals surface area contributed by atoms with Crippen LogP contribution in [-0.2, 0) is 30.9 Å². The second-order valence-corrected chi connectivity index (χ2v) is 19.5. The summed E-state index contributed by atoms with van der Waals surface area (Å²) in [4.78, 5) is 73.7. The maximum absolute atomic E-state index is 14.2. The number of fused-ring (bicyclic) bond motifs is 3. The Kier molecular flexibility index (Phi) is 12.4. The molecule has 11 rings (SSSR count).